The van der Waals surface area contributed by atoms with Crippen molar-refractivity contribution >= 4 is 41.1 Å². The summed E-state index contributed by atoms with van der Waals surface area (Å²) in [6.45, 7) is 1.44. The van der Waals surface area contributed by atoms with Crippen LogP contribution in [0.1, 0.15) is 29.0 Å². The summed E-state index contributed by atoms with van der Waals surface area (Å²) in [5.74, 6) is -0.316. The summed E-state index contributed by atoms with van der Waals surface area (Å²) in [6.07, 6.45) is 1.91. The topological polar surface area (TPSA) is 122 Å². The number of ether oxygens (including phenoxy) is 2. The van der Waals surface area contributed by atoms with E-state index in [1.807, 2.05) is 84.9 Å². The number of H-pyrrole nitrogens is 1. The van der Waals surface area contributed by atoms with Gasteiger partial charge in [0.15, 0.2) is 0 Å². The first-order chi connectivity index (χ1) is 22.4. The number of hydrogen-bond donors (Lipinski definition) is 4. The number of aryl methyl sites for hydroxylation is 1. The first-order valence-electron chi connectivity index (χ1n) is 15.1. The summed E-state index contributed by atoms with van der Waals surface area (Å²) in [5, 5.41) is 9.72. The molecule has 240 valence electrons. The van der Waals surface area contributed by atoms with E-state index in [1.165, 1.54) is 7.11 Å². The maximum Gasteiger partial charge on any atom is 0.407 e. The van der Waals surface area contributed by atoms with Gasteiger partial charge in [0.05, 0.1) is 19.3 Å². The highest BCUT2D eigenvalue weighted by Gasteiger charge is 2.34. The van der Waals surface area contributed by atoms with Gasteiger partial charge >= 0.3 is 6.09 Å². The molecule has 9 nitrogen and oxygen atoms in total. The smallest absolute Gasteiger partial charge is 0.407 e. The molecule has 46 heavy (non-hydrogen) atoms. The number of aromatic amines is 1. The molecule has 0 aliphatic carbocycles. The number of rotatable bonds is 12. The number of halogens is 1. The van der Waals surface area contributed by atoms with E-state index in [4.69, 9.17) is 21.1 Å². The summed E-state index contributed by atoms with van der Waals surface area (Å²) in [6, 6.07) is 27.3. The van der Waals surface area contributed by atoms with Gasteiger partial charge in [0, 0.05) is 40.9 Å². The van der Waals surface area contributed by atoms with Gasteiger partial charge in [0.2, 0.25) is 5.91 Å². The highest BCUT2D eigenvalue weighted by atomic mass is 35.5. The molecule has 0 radical (unpaired) electrons. The number of amides is 2. The number of benzene rings is 3. The van der Waals surface area contributed by atoms with Crippen molar-refractivity contribution in [2.24, 2.45) is 0 Å². The Morgan fingerprint density at radius 2 is 1.61 bits per heavy atom. The Kier molecular flexibility index (Phi) is 11.9. The number of aromatic nitrogens is 1. The van der Waals surface area contributed by atoms with E-state index >= 15 is 0 Å². The number of hydrogen-bond acceptors (Lipinski definition) is 7. The SMILES string of the molecule is COC(=O)NC(C(=O)Nc1c(CCC2CNCC(CSc3ccc(Cl)cc3)O2)cc[nH]c1=O)C(c1ccccc1)c1ccccc1. The molecule has 0 saturated carbocycles. The summed E-state index contributed by atoms with van der Waals surface area (Å²) < 4.78 is 11.3. The summed E-state index contributed by atoms with van der Waals surface area (Å²) in [7, 11) is 1.24. The third-order valence-electron chi connectivity index (χ3n) is 7.80. The van der Waals surface area contributed by atoms with Gasteiger partial charge in [-0.3, -0.25) is 9.59 Å². The van der Waals surface area contributed by atoms with Gasteiger partial charge < -0.3 is 30.4 Å². The molecule has 3 unspecified atom stereocenters. The first kappa shape index (κ1) is 33.3. The van der Waals surface area contributed by atoms with Crippen molar-refractivity contribution in [1.29, 1.82) is 0 Å². The molecule has 4 aromatic rings. The number of carbonyl (C=O) groups is 2. The van der Waals surface area contributed by atoms with Crippen LogP contribution in [-0.4, -0.2) is 61.2 Å². The highest BCUT2D eigenvalue weighted by Crippen LogP contribution is 2.30. The van der Waals surface area contributed by atoms with Crippen LogP contribution < -0.4 is 21.5 Å². The molecule has 2 amide bonds. The lowest BCUT2D eigenvalue weighted by molar-refractivity contribution is -0.118. The average molecular weight is 661 g/mol. The van der Waals surface area contributed by atoms with E-state index in [0.29, 0.717) is 30.0 Å². The minimum atomic E-state index is -1.09. The Balaban J connectivity index is 1.30. The van der Waals surface area contributed by atoms with Crippen LogP contribution in [0.15, 0.2) is 107 Å². The largest absolute Gasteiger partial charge is 0.453 e. The molecule has 4 N–H and O–H groups in total. The van der Waals surface area contributed by atoms with E-state index in [0.717, 1.165) is 28.3 Å². The van der Waals surface area contributed by atoms with Crippen LogP contribution >= 0.6 is 23.4 Å². The summed E-state index contributed by atoms with van der Waals surface area (Å²) in [5.41, 5.74) is 2.02. The number of carbonyl (C=O) groups excluding carboxylic acids is 2. The molecule has 3 aromatic carbocycles. The molecule has 0 spiro atoms. The summed E-state index contributed by atoms with van der Waals surface area (Å²) >= 11 is 7.72. The lowest BCUT2D eigenvalue weighted by Gasteiger charge is -2.31. The zero-order valence-electron chi connectivity index (χ0n) is 25.4. The molecular formula is C35H37ClN4O5S. The molecule has 3 atom stereocenters. The molecule has 1 aliphatic heterocycles. The zero-order valence-corrected chi connectivity index (χ0v) is 27.0. The van der Waals surface area contributed by atoms with E-state index in [2.05, 4.69) is 20.9 Å². The van der Waals surface area contributed by atoms with Gasteiger partial charge in [-0.15, -0.1) is 11.8 Å². The fourth-order valence-electron chi connectivity index (χ4n) is 5.53. The monoisotopic (exact) mass is 660 g/mol. The number of methoxy groups -OCH3 is 1. The molecule has 5 rings (SSSR count). The Labute approximate surface area is 277 Å². The van der Waals surface area contributed by atoms with Crippen molar-refractivity contribution in [2.45, 2.75) is 41.9 Å². The normalized spacial score (nSPS) is 16.8. The quantitative estimate of drug-likeness (QED) is 0.146. The Bertz CT molecular complexity index is 1600. The van der Waals surface area contributed by atoms with Gasteiger partial charge in [-0.2, -0.15) is 0 Å². The Morgan fingerprint density at radius 1 is 0.957 bits per heavy atom. The van der Waals surface area contributed by atoms with Gasteiger partial charge in [-0.05, 0) is 59.9 Å². The molecule has 0 bridgehead atoms. The fraction of sp³-hybridized carbons (Fsp3) is 0.286. The molecule has 1 aliphatic rings. The Morgan fingerprint density at radius 3 is 2.26 bits per heavy atom. The van der Waals surface area contributed by atoms with Crippen molar-refractivity contribution in [3.05, 3.63) is 129 Å². The van der Waals surface area contributed by atoms with Crippen LogP contribution in [0.5, 0.6) is 0 Å². The lowest BCUT2D eigenvalue weighted by Crippen LogP contribution is -2.48. The Hall–Kier alpha value is -4.09. The maximum absolute atomic E-state index is 14.0. The van der Waals surface area contributed by atoms with Crippen molar-refractivity contribution in [3.63, 3.8) is 0 Å². The predicted octanol–water partition coefficient (Wildman–Crippen LogP) is 5.61. The van der Waals surface area contributed by atoms with Gasteiger partial charge in [-0.1, -0.05) is 72.3 Å². The number of nitrogens with one attached hydrogen (secondary N) is 4. The van der Waals surface area contributed by atoms with Crippen LogP contribution in [0, 0.1) is 0 Å². The van der Waals surface area contributed by atoms with Crippen LogP contribution in [-0.2, 0) is 20.7 Å². The average Bonchev–Trinajstić information content (AvgIpc) is 3.09. The minimum absolute atomic E-state index is 0.0239. The predicted molar refractivity (Wildman–Crippen MR) is 182 cm³/mol. The molecule has 1 saturated heterocycles. The van der Waals surface area contributed by atoms with Crippen LogP contribution in [0.2, 0.25) is 5.02 Å². The molecule has 2 heterocycles. The third kappa shape index (κ3) is 9.01. The molecule has 11 heteroatoms. The number of alkyl carbamates (subject to hydrolysis) is 1. The second-order valence-electron chi connectivity index (χ2n) is 11.0. The van der Waals surface area contributed by atoms with Crippen molar-refractivity contribution in [3.8, 4) is 0 Å². The second kappa shape index (κ2) is 16.5. The van der Waals surface area contributed by atoms with E-state index in [1.54, 1.807) is 24.0 Å². The molecular weight excluding hydrogens is 624 g/mol. The highest BCUT2D eigenvalue weighted by molar-refractivity contribution is 7.99. The fourth-order valence-corrected chi connectivity index (χ4v) is 6.56. The van der Waals surface area contributed by atoms with Crippen molar-refractivity contribution in [2.75, 3.05) is 31.3 Å². The lowest BCUT2D eigenvalue weighted by atomic mass is 9.84. The number of morpholine rings is 1. The first-order valence-corrected chi connectivity index (χ1v) is 16.5. The van der Waals surface area contributed by atoms with Crippen molar-refractivity contribution < 1.29 is 19.1 Å². The number of pyridine rings is 1. The number of anilines is 1. The zero-order chi connectivity index (χ0) is 32.3. The van der Waals surface area contributed by atoms with Crippen LogP contribution in [0.3, 0.4) is 0 Å². The number of thioether (sulfide) groups is 1. The molecule has 1 aromatic heterocycles. The van der Waals surface area contributed by atoms with E-state index < -0.39 is 29.5 Å². The minimum Gasteiger partial charge on any atom is -0.453 e. The van der Waals surface area contributed by atoms with E-state index in [-0.39, 0.29) is 17.9 Å². The van der Waals surface area contributed by atoms with Crippen molar-refractivity contribution in [1.82, 2.24) is 15.6 Å². The third-order valence-corrected chi connectivity index (χ3v) is 9.20. The van der Waals surface area contributed by atoms with Gasteiger partial charge in [0.25, 0.3) is 5.56 Å². The maximum atomic E-state index is 14.0. The van der Waals surface area contributed by atoms with Crippen LogP contribution in [0.25, 0.3) is 0 Å². The second-order valence-corrected chi connectivity index (χ2v) is 12.5. The molecule has 1 fully saturated rings. The van der Waals surface area contributed by atoms with Gasteiger partial charge in [-0.25, -0.2) is 4.79 Å². The van der Waals surface area contributed by atoms with Gasteiger partial charge in [0.1, 0.15) is 11.7 Å². The standard InChI is InChI=1S/C35H37ClN4O5S/c1-44-35(43)40-32(30(23-8-4-2-5-9-23)24-10-6-3-7-11-24)34(42)39-31-25(18-19-38-33(31)41)12-15-27-20-37-21-28(45-27)22-46-29-16-13-26(36)14-17-29/h2-11,13-14,16-19,27-28,30,32,37H,12,15,20-22H2,1H3,(H,38,41)(H,39,42)(H,40,43). The van der Waals surface area contributed by atoms with Crippen LogP contribution in [0.4, 0.5) is 10.5 Å². The summed E-state index contributed by atoms with van der Waals surface area (Å²) in [4.78, 5) is 43.4. The van der Waals surface area contributed by atoms with E-state index in [9.17, 15) is 14.4 Å².